The second kappa shape index (κ2) is 6.08. The number of hydrogen-bond acceptors (Lipinski definition) is 5. The van der Waals surface area contributed by atoms with Crippen LogP contribution in [-0.2, 0) is 0 Å². The van der Waals surface area contributed by atoms with Gasteiger partial charge in [-0.2, -0.15) is 15.0 Å². The fourth-order valence-electron chi connectivity index (χ4n) is 1.47. The molecule has 0 spiro atoms. The second-order valence-electron chi connectivity index (χ2n) is 3.87. The van der Waals surface area contributed by atoms with Gasteiger partial charge in [-0.15, -0.1) is 0 Å². The van der Waals surface area contributed by atoms with Gasteiger partial charge in [0.05, 0.1) is 16.6 Å². The molecule has 0 aliphatic heterocycles. The first-order valence-electron chi connectivity index (χ1n) is 5.81. The van der Waals surface area contributed by atoms with Gasteiger partial charge in [-0.05, 0) is 34.5 Å². The topological polar surface area (TPSA) is 73.9 Å². The third kappa shape index (κ3) is 3.01. The Labute approximate surface area is 122 Å². The van der Waals surface area contributed by atoms with Gasteiger partial charge < -0.3 is 10.5 Å². The summed E-state index contributed by atoms with van der Waals surface area (Å²) in [5.74, 6) is -1.98. The lowest BCUT2D eigenvalue weighted by Gasteiger charge is -2.08. The van der Waals surface area contributed by atoms with Crippen LogP contribution in [0.2, 0.25) is 0 Å². The summed E-state index contributed by atoms with van der Waals surface area (Å²) in [6, 6.07) is 2.30. The van der Waals surface area contributed by atoms with Gasteiger partial charge in [0.2, 0.25) is 5.95 Å². The summed E-state index contributed by atoms with van der Waals surface area (Å²) in [4.78, 5) is 11.4. The monoisotopic (exact) mass is 344 g/mol. The SMILES string of the molecule is CCCOc1nc(N)nc(-c2c(F)ccc(Br)c2F)n1. The van der Waals surface area contributed by atoms with Crippen LogP contribution in [0.5, 0.6) is 6.01 Å². The molecule has 0 bridgehead atoms. The Balaban J connectivity index is 2.52. The minimum absolute atomic E-state index is 0.0619. The Morgan fingerprint density at radius 3 is 2.70 bits per heavy atom. The number of ether oxygens (including phenoxy) is 1. The van der Waals surface area contributed by atoms with E-state index in [1.165, 1.54) is 6.07 Å². The van der Waals surface area contributed by atoms with Crippen molar-refractivity contribution in [1.82, 2.24) is 15.0 Å². The van der Waals surface area contributed by atoms with Crippen LogP contribution in [0.1, 0.15) is 13.3 Å². The Hall–Kier alpha value is -1.83. The van der Waals surface area contributed by atoms with Gasteiger partial charge in [-0.1, -0.05) is 6.92 Å². The molecule has 0 unspecified atom stereocenters. The summed E-state index contributed by atoms with van der Waals surface area (Å²) in [6.45, 7) is 2.27. The predicted octanol–water partition coefficient (Wildman–Crippen LogP) is 2.95. The Kier molecular flexibility index (Phi) is 4.43. The van der Waals surface area contributed by atoms with Crippen LogP contribution in [0.3, 0.4) is 0 Å². The van der Waals surface area contributed by atoms with Crippen molar-refractivity contribution in [3.63, 3.8) is 0 Å². The van der Waals surface area contributed by atoms with Crippen molar-refractivity contribution in [1.29, 1.82) is 0 Å². The number of anilines is 1. The minimum atomic E-state index is -0.808. The maximum atomic E-state index is 14.0. The highest BCUT2D eigenvalue weighted by Gasteiger charge is 2.19. The van der Waals surface area contributed by atoms with E-state index in [0.29, 0.717) is 6.61 Å². The number of rotatable bonds is 4. The second-order valence-corrected chi connectivity index (χ2v) is 4.72. The van der Waals surface area contributed by atoms with Crippen LogP contribution in [-0.4, -0.2) is 21.6 Å². The van der Waals surface area contributed by atoms with Crippen LogP contribution in [0, 0.1) is 11.6 Å². The number of nitrogens with zero attached hydrogens (tertiary/aromatic N) is 3. The zero-order chi connectivity index (χ0) is 14.7. The molecule has 0 saturated carbocycles. The zero-order valence-electron chi connectivity index (χ0n) is 10.5. The number of halogens is 3. The average molecular weight is 345 g/mol. The van der Waals surface area contributed by atoms with Gasteiger partial charge in [0, 0.05) is 0 Å². The third-order valence-electron chi connectivity index (χ3n) is 2.34. The van der Waals surface area contributed by atoms with Crippen molar-refractivity contribution in [2.75, 3.05) is 12.3 Å². The van der Waals surface area contributed by atoms with E-state index in [4.69, 9.17) is 10.5 Å². The van der Waals surface area contributed by atoms with Crippen LogP contribution >= 0.6 is 15.9 Å². The molecular weight excluding hydrogens is 334 g/mol. The predicted molar refractivity (Wildman–Crippen MR) is 73.1 cm³/mol. The molecule has 2 rings (SSSR count). The van der Waals surface area contributed by atoms with Crippen molar-refractivity contribution in [2.45, 2.75) is 13.3 Å². The molecule has 0 atom stereocenters. The number of aromatic nitrogens is 3. The molecule has 1 heterocycles. The summed E-state index contributed by atoms with van der Waals surface area (Å²) in [7, 11) is 0. The number of benzene rings is 1. The Morgan fingerprint density at radius 2 is 2.00 bits per heavy atom. The van der Waals surface area contributed by atoms with Crippen molar-refractivity contribution < 1.29 is 13.5 Å². The van der Waals surface area contributed by atoms with Crippen LogP contribution in [0.25, 0.3) is 11.4 Å². The highest BCUT2D eigenvalue weighted by atomic mass is 79.9. The molecule has 2 aromatic rings. The molecule has 5 nitrogen and oxygen atoms in total. The molecule has 106 valence electrons. The zero-order valence-corrected chi connectivity index (χ0v) is 12.1. The van der Waals surface area contributed by atoms with E-state index in [1.54, 1.807) is 0 Å². The van der Waals surface area contributed by atoms with Gasteiger partial charge in [0.15, 0.2) is 11.6 Å². The maximum absolute atomic E-state index is 14.0. The fraction of sp³-hybridized carbons (Fsp3) is 0.250. The molecule has 0 aliphatic carbocycles. The smallest absolute Gasteiger partial charge is 0.321 e. The standard InChI is InChI=1S/C12H11BrF2N4O/c1-2-5-20-12-18-10(17-11(16)19-12)8-7(14)4-3-6(13)9(8)15/h3-4H,2,5H2,1H3,(H2,16,17,18,19). The lowest BCUT2D eigenvalue weighted by atomic mass is 10.2. The molecule has 0 fully saturated rings. The van der Waals surface area contributed by atoms with E-state index in [-0.39, 0.29) is 27.8 Å². The lowest BCUT2D eigenvalue weighted by molar-refractivity contribution is 0.292. The molecule has 2 N–H and O–H groups in total. The van der Waals surface area contributed by atoms with Crippen molar-refractivity contribution in [3.8, 4) is 17.4 Å². The van der Waals surface area contributed by atoms with Crippen molar-refractivity contribution in [2.24, 2.45) is 0 Å². The number of nitrogens with two attached hydrogens (primary N) is 1. The van der Waals surface area contributed by atoms with E-state index in [0.717, 1.165) is 12.5 Å². The normalized spacial score (nSPS) is 10.6. The fourth-order valence-corrected chi connectivity index (χ4v) is 1.80. The average Bonchev–Trinajstić information content (AvgIpc) is 2.41. The summed E-state index contributed by atoms with van der Waals surface area (Å²) >= 11 is 2.98. The summed E-state index contributed by atoms with van der Waals surface area (Å²) in [6.07, 6.45) is 0.737. The van der Waals surface area contributed by atoms with Gasteiger partial charge >= 0.3 is 6.01 Å². The van der Waals surface area contributed by atoms with E-state index in [9.17, 15) is 8.78 Å². The molecule has 8 heteroatoms. The van der Waals surface area contributed by atoms with Crippen molar-refractivity contribution in [3.05, 3.63) is 28.2 Å². The quantitative estimate of drug-likeness (QED) is 0.863. The molecule has 20 heavy (non-hydrogen) atoms. The molecular formula is C12H11BrF2N4O. The molecule has 0 radical (unpaired) electrons. The van der Waals surface area contributed by atoms with Gasteiger partial charge in [0.1, 0.15) is 5.82 Å². The first-order valence-corrected chi connectivity index (χ1v) is 6.60. The van der Waals surface area contributed by atoms with E-state index in [2.05, 4.69) is 30.9 Å². The third-order valence-corrected chi connectivity index (χ3v) is 2.95. The highest BCUT2D eigenvalue weighted by Crippen LogP contribution is 2.29. The molecule has 0 amide bonds. The Bertz CT molecular complexity index is 639. The summed E-state index contributed by atoms with van der Waals surface area (Å²) < 4.78 is 33.1. The van der Waals surface area contributed by atoms with Gasteiger partial charge in [-0.25, -0.2) is 8.78 Å². The van der Waals surface area contributed by atoms with E-state index in [1.807, 2.05) is 6.92 Å². The largest absolute Gasteiger partial charge is 0.463 e. The van der Waals surface area contributed by atoms with E-state index < -0.39 is 11.6 Å². The van der Waals surface area contributed by atoms with Gasteiger partial charge in [0.25, 0.3) is 0 Å². The van der Waals surface area contributed by atoms with Crippen LogP contribution in [0.4, 0.5) is 14.7 Å². The molecule has 0 saturated heterocycles. The maximum Gasteiger partial charge on any atom is 0.321 e. The lowest BCUT2D eigenvalue weighted by Crippen LogP contribution is -2.07. The molecule has 1 aromatic carbocycles. The summed E-state index contributed by atoms with van der Waals surface area (Å²) in [5.41, 5.74) is 5.13. The van der Waals surface area contributed by atoms with Crippen molar-refractivity contribution >= 4 is 21.9 Å². The molecule has 0 aliphatic rings. The van der Waals surface area contributed by atoms with Crippen LogP contribution < -0.4 is 10.5 Å². The summed E-state index contributed by atoms with van der Waals surface area (Å²) in [5, 5.41) is 0. The first-order chi connectivity index (χ1) is 9.52. The Morgan fingerprint density at radius 1 is 1.25 bits per heavy atom. The number of nitrogen functional groups attached to an aromatic ring is 1. The highest BCUT2D eigenvalue weighted by molar-refractivity contribution is 9.10. The number of hydrogen-bond donors (Lipinski definition) is 1. The molecule has 1 aromatic heterocycles. The van der Waals surface area contributed by atoms with E-state index >= 15 is 0 Å². The first kappa shape index (κ1) is 14.6. The van der Waals surface area contributed by atoms with Gasteiger partial charge in [-0.3, -0.25) is 0 Å². The minimum Gasteiger partial charge on any atom is -0.463 e. The van der Waals surface area contributed by atoms with Crippen LogP contribution in [0.15, 0.2) is 16.6 Å².